The molecule has 0 saturated heterocycles. The lowest BCUT2D eigenvalue weighted by atomic mass is 9.47. The number of aliphatic hydroxyl groups excluding tert-OH is 2. The van der Waals surface area contributed by atoms with Crippen molar-refractivity contribution >= 4 is 0 Å². The van der Waals surface area contributed by atoms with Crippen molar-refractivity contribution in [3.05, 3.63) is 11.6 Å². The molecule has 0 bridgehead atoms. The molecule has 4 aliphatic carbocycles. The first-order valence-corrected chi connectivity index (χ1v) is 9.60. The standard InChI is InChI=1S/C21H29FO3/c1-4-21(25)17(24)11-15-12-5-6-14-18(22)16(23)8-9-19(14,2)13(12)7-10-20(15,21)3/h1,6,12-13,15-18,23-25H,5,7-11H2,2-3H3/t12-,13+,15+,16+,17+,18+,19-,20+,21+/m1/s1. The van der Waals surface area contributed by atoms with Crippen molar-refractivity contribution in [2.75, 3.05) is 0 Å². The summed E-state index contributed by atoms with van der Waals surface area (Å²) in [4.78, 5) is 0. The van der Waals surface area contributed by atoms with Crippen LogP contribution < -0.4 is 0 Å². The number of fused-ring (bicyclic) bond motifs is 5. The maximum atomic E-state index is 14.7. The summed E-state index contributed by atoms with van der Waals surface area (Å²) in [6, 6.07) is 0. The molecule has 138 valence electrons. The predicted molar refractivity (Wildman–Crippen MR) is 93.2 cm³/mol. The molecule has 4 heteroatoms. The van der Waals surface area contributed by atoms with E-state index in [-0.39, 0.29) is 11.3 Å². The highest BCUT2D eigenvalue weighted by Crippen LogP contribution is 2.67. The van der Waals surface area contributed by atoms with E-state index in [9.17, 15) is 19.7 Å². The summed E-state index contributed by atoms with van der Waals surface area (Å²) >= 11 is 0. The van der Waals surface area contributed by atoms with Gasteiger partial charge in [-0.2, -0.15) is 0 Å². The zero-order valence-corrected chi connectivity index (χ0v) is 15.1. The van der Waals surface area contributed by atoms with Gasteiger partial charge in [0.25, 0.3) is 0 Å². The van der Waals surface area contributed by atoms with Crippen LogP contribution in [0.4, 0.5) is 4.39 Å². The van der Waals surface area contributed by atoms with Crippen molar-refractivity contribution in [3.8, 4) is 12.3 Å². The lowest BCUT2D eigenvalue weighted by molar-refractivity contribution is -0.121. The molecule has 3 N–H and O–H groups in total. The van der Waals surface area contributed by atoms with E-state index >= 15 is 0 Å². The number of allylic oxidation sites excluding steroid dienone is 1. The molecule has 3 fully saturated rings. The number of terminal acetylenes is 1. The highest BCUT2D eigenvalue weighted by Gasteiger charge is 2.67. The SMILES string of the molecule is C#C[C@]1(O)[C@@H](O)C[C@H]2[C@@H]3CC=C4[C@H](F)[C@@H](O)CC[C@]4(C)[C@H]3CC[C@@]21C. The van der Waals surface area contributed by atoms with Crippen molar-refractivity contribution in [2.24, 2.45) is 28.6 Å². The molecule has 4 aliphatic rings. The average Bonchev–Trinajstić information content (AvgIpc) is 2.79. The Labute approximate surface area is 149 Å². The van der Waals surface area contributed by atoms with Crippen LogP contribution in [0, 0.1) is 40.9 Å². The molecule has 0 aliphatic heterocycles. The Kier molecular flexibility index (Phi) is 3.72. The molecule has 25 heavy (non-hydrogen) atoms. The van der Waals surface area contributed by atoms with E-state index in [0.717, 1.165) is 31.3 Å². The number of rotatable bonds is 0. The van der Waals surface area contributed by atoms with Gasteiger partial charge in [0.05, 0.1) is 12.2 Å². The molecule has 0 heterocycles. The number of alkyl halides is 1. The molecule has 9 atom stereocenters. The molecule has 0 spiro atoms. The Bertz CT molecular complexity index is 654. The number of aliphatic hydroxyl groups is 3. The van der Waals surface area contributed by atoms with Gasteiger partial charge in [0.2, 0.25) is 0 Å². The Morgan fingerprint density at radius 3 is 2.60 bits per heavy atom. The minimum Gasteiger partial charge on any atom is -0.390 e. The molecule has 0 amide bonds. The summed E-state index contributed by atoms with van der Waals surface area (Å²) in [6.45, 7) is 4.17. The second kappa shape index (κ2) is 5.31. The Morgan fingerprint density at radius 1 is 1.20 bits per heavy atom. The molecular formula is C21H29FO3. The van der Waals surface area contributed by atoms with Gasteiger partial charge in [-0.3, -0.25) is 0 Å². The maximum absolute atomic E-state index is 14.7. The largest absolute Gasteiger partial charge is 0.390 e. The zero-order chi connectivity index (χ0) is 18.2. The third-order valence-corrected chi connectivity index (χ3v) is 8.56. The second-order valence-corrected chi connectivity index (χ2v) is 9.32. The molecule has 0 unspecified atom stereocenters. The van der Waals surface area contributed by atoms with E-state index in [1.807, 2.05) is 13.0 Å². The summed E-state index contributed by atoms with van der Waals surface area (Å²) < 4.78 is 14.7. The average molecular weight is 348 g/mol. The van der Waals surface area contributed by atoms with Crippen molar-refractivity contribution in [3.63, 3.8) is 0 Å². The maximum Gasteiger partial charge on any atom is 0.156 e. The molecule has 0 radical (unpaired) electrons. The van der Waals surface area contributed by atoms with Gasteiger partial charge in [0.15, 0.2) is 5.60 Å². The van der Waals surface area contributed by atoms with Crippen LogP contribution in [0.2, 0.25) is 0 Å². The van der Waals surface area contributed by atoms with Crippen LogP contribution in [0.5, 0.6) is 0 Å². The highest BCUT2D eigenvalue weighted by atomic mass is 19.1. The molecule has 0 aromatic carbocycles. The lowest BCUT2D eigenvalue weighted by Gasteiger charge is -2.58. The summed E-state index contributed by atoms with van der Waals surface area (Å²) in [7, 11) is 0. The third kappa shape index (κ3) is 1.98. The van der Waals surface area contributed by atoms with Crippen LogP contribution in [-0.4, -0.2) is 39.3 Å². The topological polar surface area (TPSA) is 60.7 Å². The fraction of sp³-hybridized carbons (Fsp3) is 0.810. The van der Waals surface area contributed by atoms with E-state index in [1.54, 1.807) is 0 Å². The number of hydrogen-bond donors (Lipinski definition) is 3. The molecule has 0 aromatic rings. The van der Waals surface area contributed by atoms with Crippen LogP contribution in [0.1, 0.15) is 52.4 Å². The first kappa shape index (κ1) is 17.5. The fourth-order valence-corrected chi connectivity index (χ4v) is 6.96. The van der Waals surface area contributed by atoms with E-state index < -0.39 is 29.4 Å². The van der Waals surface area contributed by atoms with Crippen LogP contribution in [0.15, 0.2) is 11.6 Å². The second-order valence-electron chi connectivity index (χ2n) is 9.32. The van der Waals surface area contributed by atoms with E-state index in [2.05, 4.69) is 12.8 Å². The molecule has 0 aromatic heterocycles. The van der Waals surface area contributed by atoms with Crippen LogP contribution >= 0.6 is 0 Å². The van der Waals surface area contributed by atoms with Crippen molar-refractivity contribution < 1.29 is 19.7 Å². The van der Waals surface area contributed by atoms with Gasteiger partial charge >= 0.3 is 0 Å². The molecule has 3 nitrogen and oxygen atoms in total. The molecule has 3 saturated carbocycles. The Morgan fingerprint density at radius 2 is 1.92 bits per heavy atom. The third-order valence-electron chi connectivity index (χ3n) is 8.56. The van der Waals surface area contributed by atoms with E-state index in [0.29, 0.717) is 24.7 Å². The highest BCUT2D eigenvalue weighted by molar-refractivity contribution is 5.32. The van der Waals surface area contributed by atoms with E-state index in [1.165, 1.54) is 0 Å². The quantitative estimate of drug-likeness (QED) is 0.466. The first-order valence-electron chi connectivity index (χ1n) is 9.60. The fourth-order valence-electron chi connectivity index (χ4n) is 6.96. The van der Waals surface area contributed by atoms with Crippen molar-refractivity contribution in [2.45, 2.75) is 76.4 Å². The minimum atomic E-state index is -1.47. The van der Waals surface area contributed by atoms with Gasteiger partial charge in [0.1, 0.15) is 6.17 Å². The van der Waals surface area contributed by atoms with Gasteiger partial charge in [-0.25, -0.2) is 4.39 Å². The van der Waals surface area contributed by atoms with Crippen LogP contribution in [0.3, 0.4) is 0 Å². The number of hydrogen-bond acceptors (Lipinski definition) is 3. The normalized spacial score (nSPS) is 57.7. The zero-order valence-electron chi connectivity index (χ0n) is 15.1. The van der Waals surface area contributed by atoms with Crippen molar-refractivity contribution in [1.29, 1.82) is 0 Å². The summed E-state index contributed by atoms with van der Waals surface area (Å²) in [5.41, 5.74) is -1.42. The minimum absolute atomic E-state index is 0.141. The summed E-state index contributed by atoms with van der Waals surface area (Å²) in [5, 5.41) is 31.4. The van der Waals surface area contributed by atoms with E-state index in [4.69, 9.17) is 6.42 Å². The monoisotopic (exact) mass is 348 g/mol. The lowest BCUT2D eigenvalue weighted by Crippen LogP contribution is -2.56. The van der Waals surface area contributed by atoms with Crippen LogP contribution in [0.25, 0.3) is 0 Å². The van der Waals surface area contributed by atoms with Crippen molar-refractivity contribution in [1.82, 2.24) is 0 Å². The van der Waals surface area contributed by atoms with Gasteiger partial charge in [0, 0.05) is 5.41 Å². The van der Waals surface area contributed by atoms with Gasteiger partial charge in [-0.1, -0.05) is 25.8 Å². The van der Waals surface area contributed by atoms with Gasteiger partial charge < -0.3 is 15.3 Å². The number of halogens is 1. The predicted octanol–water partition coefficient (Wildman–Crippen LogP) is 2.59. The molecule has 4 rings (SSSR count). The van der Waals surface area contributed by atoms with Gasteiger partial charge in [-0.15, -0.1) is 6.42 Å². The Hall–Kier alpha value is -0.890. The smallest absolute Gasteiger partial charge is 0.156 e. The molecular weight excluding hydrogens is 319 g/mol. The van der Waals surface area contributed by atoms with Gasteiger partial charge in [-0.05, 0) is 67.3 Å². The summed E-state index contributed by atoms with van der Waals surface area (Å²) in [5.74, 6) is 3.26. The Balaban J connectivity index is 1.73. The first-order chi connectivity index (χ1) is 11.7. The summed E-state index contributed by atoms with van der Waals surface area (Å²) in [6.07, 6.45) is 8.78. The van der Waals surface area contributed by atoms with Crippen LogP contribution in [-0.2, 0) is 0 Å².